The van der Waals surface area contributed by atoms with Gasteiger partial charge in [0.05, 0.1) is 17.1 Å². The van der Waals surface area contributed by atoms with Crippen LogP contribution >= 0.6 is 22.9 Å². The third kappa shape index (κ3) is 3.04. The van der Waals surface area contributed by atoms with Crippen LogP contribution < -0.4 is 10.1 Å². The van der Waals surface area contributed by atoms with Crippen molar-refractivity contribution in [2.24, 2.45) is 0 Å². The first-order valence-corrected chi connectivity index (χ1v) is 8.01. The van der Waals surface area contributed by atoms with Gasteiger partial charge in [-0.15, -0.1) is 11.3 Å². The summed E-state index contributed by atoms with van der Waals surface area (Å²) in [4.78, 5) is 23.1. The molecule has 3 aromatic rings. The Balaban J connectivity index is 1.92. The summed E-state index contributed by atoms with van der Waals surface area (Å²) in [6.45, 7) is 0. The molecule has 0 radical (unpaired) electrons. The summed E-state index contributed by atoms with van der Waals surface area (Å²) >= 11 is 7.53. The highest BCUT2D eigenvalue weighted by Gasteiger charge is 2.18. The van der Waals surface area contributed by atoms with E-state index in [1.54, 1.807) is 31.4 Å². The molecule has 8 heteroatoms. The number of anilines is 1. The Morgan fingerprint density at radius 2 is 2.08 bits per heavy atom. The zero-order valence-electron chi connectivity index (χ0n) is 12.4. The average Bonchev–Trinajstić information content (AvgIpc) is 2.91. The first-order chi connectivity index (χ1) is 11.5. The second-order valence-corrected chi connectivity index (χ2v) is 6.30. The third-order valence-corrected chi connectivity index (χ3v) is 5.01. The van der Waals surface area contributed by atoms with Crippen LogP contribution in [0.1, 0.15) is 9.67 Å². The minimum atomic E-state index is -0.519. The summed E-state index contributed by atoms with van der Waals surface area (Å²) in [5.74, 6) is 0.256. The van der Waals surface area contributed by atoms with Crippen molar-refractivity contribution in [1.82, 2.24) is 0 Å². The van der Waals surface area contributed by atoms with Gasteiger partial charge in [-0.25, -0.2) is 0 Å². The van der Waals surface area contributed by atoms with Crippen molar-refractivity contribution < 1.29 is 14.5 Å². The molecule has 0 aliphatic heterocycles. The van der Waals surface area contributed by atoms with Gasteiger partial charge in [-0.05, 0) is 24.3 Å². The van der Waals surface area contributed by atoms with Crippen LogP contribution in [0.5, 0.6) is 5.75 Å². The van der Waals surface area contributed by atoms with Crippen LogP contribution in [0, 0.1) is 10.1 Å². The maximum atomic E-state index is 12.5. The molecule has 1 heterocycles. The Labute approximate surface area is 145 Å². The molecule has 1 amide bonds. The zero-order chi connectivity index (χ0) is 17.3. The van der Waals surface area contributed by atoms with E-state index in [-0.39, 0.29) is 5.69 Å². The molecule has 0 fully saturated rings. The summed E-state index contributed by atoms with van der Waals surface area (Å²) in [6, 6.07) is 11.1. The number of thiophene rings is 1. The molecule has 122 valence electrons. The molecule has 24 heavy (non-hydrogen) atoms. The second-order valence-electron chi connectivity index (χ2n) is 4.87. The summed E-state index contributed by atoms with van der Waals surface area (Å²) in [7, 11) is 1.56. The Hall–Kier alpha value is -2.64. The number of amides is 1. The van der Waals surface area contributed by atoms with E-state index < -0.39 is 10.8 Å². The quantitative estimate of drug-likeness (QED) is 0.537. The van der Waals surface area contributed by atoms with Gasteiger partial charge in [0.15, 0.2) is 0 Å². The van der Waals surface area contributed by atoms with Crippen molar-refractivity contribution >= 4 is 50.3 Å². The lowest BCUT2D eigenvalue weighted by atomic mass is 10.2. The molecule has 0 bridgehead atoms. The fourth-order valence-electron chi connectivity index (χ4n) is 2.20. The number of fused-ring (bicyclic) bond motifs is 1. The summed E-state index contributed by atoms with van der Waals surface area (Å²) < 4.78 is 5.99. The molecule has 2 aromatic carbocycles. The molecule has 0 unspecified atom stereocenters. The number of benzene rings is 2. The van der Waals surface area contributed by atoms with E-state index in [0.29, 0.717) is 21.3 Å². The normalized spacial score (nSPS) is 10.6. The van der Waals surface area contributed by atoms with Crippen LogP contribution in [-0.2, 0) is 0 Å². The molecular weight excluding hydrogens is 352 g/mol. The lowest BCUT2D eigenvalue weighted by Crippen LogP contribution is -2.10. The Bertz CT molecular complexity index is 954. The largest absolute Gasteiger partial charge is 0.497 e. The molecule has 0 spiro atoms. The highest BCUT2D eigenvalue weighted by molar-refractivity contribution is 7.21. The van der Waals surface area contributed by atoms with E-state index in [4.69, 9.17) is 16.3 Å². The SMILES string of the molecule is COc1ccc2c(Cl)c(C(=O)Nc3cccc([N+](=O)[O-])c3)sc2c1. The summed E-state index contributed by atoms with van der Waals surface area (Å²) in [6.07, 6.45) is 0. The van der Waals surface area contributed by atoms with Crippen molar-refractivity contribution in [3.63, 3.8) is 0 Å². The molecular formula is C16H11ClN2O4S. The van der Waals surface area contributed by atoms with E-state index in [1.165, 1.54) is 29.5 Å². The first-order valence-electron chi connectivity index (χ1n) is 6.81. The van der Waals surface area contributed by atoms with Gasteiger partial charge < -0.3 is 10.1 Å². The first kappa shape index (κ1) is 16.2. The predicted octanol–water partition coefficient (Wildman–Crippen LogP) is 4.72. The lowest BCUT2D eigenvalue weighted by Gasteiger charge is -2.03. The smallest absolute Gasteiger partial charge is 0.271 e. The number of hydrogen-bond donors (Lipinski definition) is 1. The fourth-order valence-corrected chi connectivity index (χ4v) is 3.64. The number of nitro groups is 1. The molecule has 0 saturated heterocycles. The Morgan fingerprint density at radius 3 is 2.79 bits per heavy atom. The second kappa shape index (κ2) is 6.46. The van der Waals surface area contributed by atoms with Crippen molar-refractivity contribution in [2.75, 3.05) is 12.4 Å². The van der Waals surface area contributed by atoms with Crippen molar-refractivity contribution in [3.05, 3.63) is 62.5 Å². The van der Waals surface area contributed by atoms with Gasteiger partial charge >= 0.3 is 0 Å². The van der Waals surface area contributed by atoms with Crippen LogP contribution in [0.15, 0.2) is 42.5 Å². The van der Waals surface area contributed by atoms with Crippen LogP contribution in [0.3, 0.4) is 0 Å². The molecule has 0 atom stereocenters. The van der Waals surface area contributed by atoms with E-state index in [9.17, 15) is 14.9 Å². The van der Waals surface area contributed by atoms with Gasteiger partial charge in [0.1, 0.15) is 10.6 Å². The fraction of sp³-hybridized carbons (Fsp3) is 0.0625. The van der Waals surface area contributed by atoms with Gasteiger partial charge in [-0.2, -0.15) is 0 Å². The van der Waals surface area contributed by atoms with Crippen LogP contribution in [0.4, 0.5) is 11.4 Å². The lowest BCUT2D eigenvalue weighted by molar-refractivity contribution is -0.384. The van der Waals surface area contributed by atoms with E-state index in [0.717, 1.165) is 10.1 Å². The highest BCUT2D eigenvalue weighted by Crippen LogP contribution is 2.37. The average molecular weight is 363 g/mol. The summed E-state index contributed by atoms with van der Waals surface area (Å²) in [5, 5.41) is 14.5. The number of nitro benzene ring substituents is 1. The van der Waals surface area contributed by atoms with Gasteiger partial charge in [-0.3, -0.25) is 14.9 Å². The highest BCUT2D eigenvalue weighted by atomic mass is 35.5. The van der Waals surface area contributed by atoms with E-state index in [2.05, 4.69) is 5.32 Å². The standard InChI is InChI=1S/C16H11ClN2O4S/c1-23-11-5-6-12-13(8-11)24-15(14(12)17)16(20)18-9-3-2-4-10(7-9)19(21)22/h2-8H,1H3,(H,18,20). The maximum absolute atomic E-state index is 12.5. The van der Waals surface area contributed by atoms with Gasteiger partial charge in [-0.1, -0.05) is 17.7 Å². The van der Waals surface area contributed by atoms with E-state index in [1.807, 2.05) is 0 Å². The number of halogens is 1. The molecule has 1 aromatic heterocycles. The van der Waals surface area contributed by atoms with Gasteiger partial charge in [0, 0.05) is 27.9 Å². The molecule has 0 aliphatic rings. The van der Waals surface area contributed by atoms with Crippen molar-refractivity contribution in [2.45, 2.75) is 0 Å². The Morgan fingerprint density at radius 1 is 1.29 bits per heavy atom. The Kier molecular flexibility index (Phi) is 4.37. The molecule has 6 nitrogen and oxygen atoms in total. The number of carbonyl (C=O) groups is 1. The topological polar surface area (TPSA) is 81.5 Å². The maximum Gasteiger partial charge on any atom is 0.271 e. The molecule has 3 rings (SSSR count). The number of carbonyl (C=O) groups excluding carboxylic acids is 1. The molecule has 0 saturated carbocycles. The van der Waals surface area contributed by atoms with Crippen LogP contribution in [-0.4, -0.2) is 17.9 Å². The number of hydrogen-bond acceptors (Lipinski definition) is 5. The number of ether oxygens (including phenoxy) is 1. The van der Waals surface area contributed by atoms with Gasteiger partial charge in [0.2, 0.25) is 0 Å². The molecule has 0 aliphatic carbocycles. The third-order valence-electron chi connectivity index (χ3n) is 3.36. The summed E-state index contributed by atoms with van der Waals surface area (Å²) in [5.41, 5.74) is 0.236. The number of non-ortho nitro benzene ring substituents is 1. The minimum absolute atomic E-state index is 0.0972. The van der Waals surface area contributed by atoms with Crippen molar-refractivity contribution in [3.8, 4) is 5.75 Å². The predicted molar refractivity (Wildman–Crippen MR) is 94.4 cm³/mol. The van der Waals surface area contributed by atoms with E-state index >= 15 is 0 Å². The minimum Gasteiger partial charge on any atom is -0.497 e. The van der Waals surface area contributed by atoms with Crippen LogP contribution in [0.25, 0.3) is 10.1 Å². The number of nitrogens with one attached hydrogen (secondary N) is 1. The number of rotatable bonds is 4. The number of nitrogens with zero attached hydrogens (tertiary/aromatic N) is 1. The van der Waals surface area contributed by atoms with Gasteiger partial charge in [0.25, 0.3) is 11.6 Å². The monoisotopic (exact) mass is 362 g/mol. The van der Waals surface area contributed by atoms with Crippen LogP contribution in [0.2, 0.25) is 5.02 Å². The number of methoxy groups -OCH3 is 1. The van der Waals surface area contributed by atoms with Crippen molar-refractivity contribution in [1.29, 1.82) is 0 Å². The molecule has 1 N–H and O–H groups in total. The zero-order valence-corrected chi connectivity index (χ0v) is 14.0.